The molecular formula is C6H5N3OS. The summed E-state index contributed by atoms with van der Waals surface area (Å²) in [6, 6.07) is 3.58. The van der Waals surface area contributed by atoms with E-state index in [-0.39, 0.29) is 0 Å². The number of hydrogen-bond donors (Lipinski definition) is 2. The molecule has 0 saturated heterocycles. The van der Waals surface area contributed by atoms with Crippen LogP contribution in [-0.4, -0.2) is 10.1 Å². The summed E-state index contributed by atoms with van der Waals surface area (Å²) in [5, 5.41) is 3.69. The maximum atomic E-state index is 4.92. The second kappa shape index (κ2) is 2.43. The third kappa shape index (κ3) is 0.932. The van der Waals surface area contributed by atoms with Crippen molar-refractivity contribution in [1.82, 2.24) is 10.1 Å². The Morgan fingerprint density at radius 1 is 1.55 bits per heavy atom. The second-order valence-electron chi connectivity index (χ2n) is 1.99. The van der Waals surface area contributed by atoms with Gasteiger partial charge in [0, 0.05) is 6.20 Å². The molecule has 0 bridgehead atoms. The summed E-state index contributed by atoms with van der Waals surface area (Å²) in [5.41, 5.74) is 1.35. The van der Waals surface area contributed by atoms with Gasteiger partial charge < -0.3 is 9.25 Å². The largest absolute Gasteiger partial charge is 0.352 e. The van der Waals surface area contributed by atoms with Crippen molar-refractivity contribution in [3.63, 3.8) is 0 Å². The van der Waals surface area contributed by atoms with E-state index in [0.717, 1.165) is 0 Å². The highest BCUT2D eigenvalue weighted by Gasteiger charge is 2.05. The molecule has 0 spiro atoms. The van der Waals surface area contributed by atoms with Crippen LogP contribution in [0.4, 0.5) is 5.82 Å². The average molecular weight is 167 g/mol. The van der Waals surface area contributed by atoms with Crippen molar-refractivity contribution in [2.45, 2.75) is 0 Å². The van der Waals surface area contributed by atoms with Gasteiger partial charge in [0.2, 0.25) is 5.82 Å². The van der Waals surface area contributed by atoms with E-state index < -0.39 is 0 Å². The molecule has 1 N–H and O–H groups in total. The quantitative estimate of drug-likeness (QED) is 0.631. The predicted molar refractivity (Wildman–Crippen MR) is 44.4 cm³/mol. The first-order valence-electron chi connectivity index (χ1n) is 3.02. The van der Waals surface area contributed by atoms with Crippen molar-refractivity contribution in [2.75, 3.05) is 4.72 Å². The Labute approximate surface area is 68.1 Å². The van der Waals surface area contributed by atoms with Crippen LogP contribution in [0.5, 0.6) is 0 Å². The number of nitrogens with zero attached hydrogens (tertiary/aromatic N) is 2. The molecule has 2 aromatic heterocycles. The van der Waals surface area contributed by atoms with Gasteiger partial charge in [-0.2, -0.15) is 0 Å². The molecule has 0 saturated carbocycles. The molecule has 0 atom stereocenters. The van der Waals surface area contributed by atoms with Crippen molar-refractivity contribution >= 4 is 29.7 Å². The molecule has 5 heteroatoms. The smallest absolute Gasteiger partial charge is 0.205 e. The highest BCUT2D eigenvalue weighted by atomic mass is 32.1. The van der Waals surface area contributed by atoms with Gasteiger partial charge in [-0.05, 0) is 12.1 Å². The van der Waals surface area contributed by atoms with Crippen molar-refractivity contribution in [1.29, 1.82) is 0 Å². The van der Waals surface area contributed by atoms with E-state index in [0.29, 0.717) is 16.9 Å². The summed E-state index contributed by atoms with van der Waals surface area (Å²) in [4.78, 5) is 4.04. The Morgan fingerprint density at radius 2 is 2.45 bits per heavy atom. The van der Waals surface area contributed by atoms with E-state index in [1.54, 1.807) is 18.3 Å². The molecular weight excluding hydrogens is 162 g/mol. The Morgan fingerprint density at radius 3 is 3.27 bits per heavy atom. The highest BCUT2D eigenvalue weighted by molar-refractivity contribution is 7.81. The monoisotopic (exact) mass is 167 g/mol. The molecule has 0 aliphatic heterocycles. The number of hydrogen-bond acceptors (Lipinski definition) is 5. The summed E-state index contributed by atoms with van der Waals surface area (Å²) in [6.07, 6.45) is 1.67. The van der Waals surface area contributed by atoms with Crippen molar-refractivity contribution in [3.8, 4) is 0 Å². The Bertz CT molecular complexity index is 373. The second-order valence-corrected chi connectivity index (χ2v) is 2.22. The van der Waals surface area contributed by atoms with Gasteiger partial charge in [0.15, 0.2) is 11.1 Å². The lowest BCUT2D eigenvalue weighted by Gasteiger charge is -1.87. The fraction of sp³-hybridized carbons (Fsp3) is 0. The molecule has 0 aliphatic carbocycles. The molecule has 0 amide bonds. The fourth-order valence-electron chi connectivity index (χ4n) is 0.853. The zero-order chi connectivity index (χ0) is 7.68. The standard InChI is InChI=1S/C6H5N3OS/c11-9-6-5-4(10-8-6)2-1-3-7-5/h1-3,11H,(H,8,9). The van der Waals surface area contributed by atoms with E-state index in [1.165, 1.54) is 0 Å². The van der Waals surface area contributed by atoms with Gasteiger partial charge in [-0.15, -0.1) is 0 Å². The summed E-state index contributed by atoms with van der Waals surface area (Å²) >= 11 is 3.84. The van der Waals surface area contributed by atoms with E-state index in [9.17, 15) is 0 Å². The van der Waals surface area contributed by atoms with Gasteiger partial charge in [0.05, 0.1) is 0 Å². The molecule has 2 rings (SSSR count). The van der Waals surface area contributed by atoms with Gasteiger partial charge in [-0.25, -0.2) is 4.98 Å². The van der Waals surface area contributed by atoms with Crippen LogP contribution in [0.2, 0.25) is 0 Å². The highest BCUT2D eigenvalue weighted by Crippen LogP contribution is 2.19. The molecule has 2 heterocycles. The minimum Gasteiger partial charge on any atom is -0.352 e. The summed E-state index contributed by atoms with van der Waals surface area (Å²) in [5.74, 6) is 0.545. The SMILES string of the molecule is SNc1noc2cccnc12. The lowest BCUT2D eigenvalue weighted by atomic mass is 10.4. The maximum absolute atomic E-state index is 4.92. The van der Waals surface area contributed by atoms with Crippen molar-refractivity contribution in [2.24, 2.45) is 0 Å². The molecule has 0 aliphatic rings. The molecule has 0 aromatic carbocycles. The van der Waals surface area contributed by atoms with Gasteiger partial charge in [0.1, 0.15) is 0 Å². The van der Waals surface area contributed by atoms with Crippen LogP contribution in [0.25, 0.3) is 11.1 Å². The first kappa shape index (κ1) is 6.48. The van der Waals surface area contributed by atoms with Crippen LogP contribution in [0, 0.1) is 0 Å². The van der Waals surface area contributed by atoms with Crippen molar-refractivity contribution in [3.05, 3.63) is 18.3 Å². The van der Waals surface area contributed by atoms with Crippen LogP contribution in [-0.2, 0) is 0 Å². The number of fused-ring (bicyclic) bond motifs is 1. The number of anilines is 1. The van der Waals surface area contributed by atoms with E-state index in [1.807, 2.05) is 0 Å². The topological polar surface area (TPSA) is 51.0 Å². The molecule has 0 radical (unpaired) electrons. The number of thiol groups is 1. The lowest BCUT2D eigenvalue weighted by molar-refractivity contribution is 0.460. The number of nitrogens with one attached hydrogen (secondary N) is 1. The van der Waals surface area contributed by atoms with Gasteiger partial charge >= 0.3 is 0 Å². The third-order valence-corrected chi connectivity index (χ3v) is 1.55. The van der Waals surface area contributed by atoms with Crippen LogP contribution in [0.3, 0.4) is 0 Å². The lowest BCUT2D eigenvalue weighted by Crippen LogP contribution is -1.80. The zero-order valence-electron chi connectivity index (χ0n) is 5.48. The summed E-state index contributed by atoms with van der Waals surface area (Å²) in [7, 11) is 0. The summed E-state index contributed by atoms with van der Waals surface area (Å²) in [6.45, 7) is 0. The summed E-state index contributed by atoms with van der Waals surface area (Å²) < 4.78 is 7.49. The van der Waals surface area contributed by atoms with Crippen LogP contribution < -0.4 is 4.72 Å². The third-order valence-electron chi connectivity index (χ3n) is 1.34. The van der Waals surface area contributed by atoms with E-state index in [4.69, 9.17) is 4.52 Å². The first-order chi connectivity index (χ1) is 5.42. The zero-order valence-corrected chi connectivity index (χ0v) is 6.38. The number of pyridine rings is 1. The minimum absolute atomic E-state index is 0.545. The maximum Gasteiger partial charge on any atom is 0.205 e. The molecule has 11 heavy (non-hydrogen) atoms. The average Bonchev–Trinajstić information content (AvgIpc) is 2.47. The van der Waals surface area contributed by atoms with Crippen LogP contribution in [0.1, 0.15) is 0 Å². The molecule has 56 valence electrons. The van der Waals surface area contributed by atoms with Crippen LogP contribution in [0.15, 0.2) is 22.9 Å². The fourth-order valence-corrected chi connectivity index (χ4v) is 1.00. The van der Waals surface area contributed by atoms with Gasteiger partial charge in [-0.3, -0.25) is 0 Å². The molecule has 0 unspecified atom stereocenters. The van der Waals surface area contributed by atoms with Gasteiger partial charge in [0.25, 0.3) is 0 Å². The molecule has 0 fully saturated rings. The minimum atomic E-state index is 0.545. The first-order valence-corrected chi connectivity index (χ1v) is 3.47. The predicted octanol–water partition coefficient (Wildman–Crippen LogP) is 1.48. The Hall–Kier alpha value is -1.23. The molecule has 4 nitrogen and oxygen atoms in total. The Balaban J connectivity index is 2.76. The van der Waals surface area contributed by atoms with Gasteiger partial charge in [-0.1, -0.05) is 18.0 Å². The van der Waals surface area contributed by atoms with Crippen LogP contribution >= 0.6 is 12.8 Å². The Kier molecular flexibility index (Phi) is 1.43. The number of rotatable bonds is 1. The number of aromatic nitrogens is 2. The van der Waals surface area contributed by atoms with E-state index in [2.05, 4.69) is 27.7 Å². The van der Waals surface area contributed by atoms with E-state index >= 15 is 0 Å². The normalized spacial score (nSPS) is 10.3. The van der Waals surface area contributed by atoms with Crippen molar-refractivity contribution < 1.29 is 4.52 Å². The molecule has 2 aromatic rings.